The van der Waals surface area contributed by atoms with E-state index in [1.807, 2.05) is 12.2 Å². The monoisotopic (exact) mass is 234 g/mol. The lowest BCUT2D eigenvalue weighted by atomic mass is 10.4. The zero-order valence-corrected chi connectivity index (χ0v) is 9.63. The minimum Gasteiger partial charge on any atom is -0.480 e. The van der Waals surface area contributed by atoms with Gasteiger partial charge in [-0.25, -0.2) is 0 Å². The Hall–Kier alpha value is -0.840. The van der Waals surface area contributed by atoms with Gasteiger partial charge in [0.2, 0.25) is 0 Å². The molecular weight excluding hydrogens is 216 g/mol. The molecule has 0 aromatic rings. The van der Waals surface area contributed by atoms with E-state index in [2.05, 4.69) is 23.4 Å². The van der Waals surface area contributed by atoms with Crippen LogP contribution < -0.4 is 5.32 Å². The molecule has 0 heterocycles. The lowest BCUT2D eigenvalue weighted by molar-refractivity contribution is -0.135. The molecule has 0 rings (SSSR count). The van der Waals surface area contributed by atoms with Gasteiger partial charge in [-0.3, -0.25) is 9.69 Å². The van der Waals surface area contributed by atoms with Crippen LogP contribution in [0.4, 0.5) is 0 Å². The van der Waals surface area contributed by atoms with Crippen LogP contribution in [0.15, 0.2) is 25.3 Å². The summed E-state index contributed by atoms with van der Waals surface area (Å²) in [7, 11) is 0. The predicted molar refractivity (Wildman–Crippen MR) is 64.6 cm³/mol. The number of nitrogens with one attached hydrogen (secondary N) is 1. The molecular formula is C10H19ClN2O2. The summed E-state index contributed by atoms with van der Waals surface area (Å²) in [4.78, 5) is 12.3. The van der Waals surface area contributed by atoms with E-state index in [0.29, 0.717) is 6.54 Å². The van der Waals surface area contributed by atoms with Crippen LogP contribution >= 0.6 is 12.4 Å². The maximum Gasteiger partial charge on any atom is 0.317 e. The normalized spacial score (nSPS) is 9.40. The third-order valence-corrected chi connectivity index (χ3v) is 1.66. The van der Waals surface area contributed by atoms with Crippen LogP contribution in [0.25, 0.3) is 0 Å². The van der Waals surface area contributed by atoms with E-state index >= 15 is 0 Å². The molecule has 0 aromatic heterocycles. The quantitative estimate of drug-likeness (QED) is 0.457. The Morgan fingerprint density at radius 2 is 1.87 bits per heavy atom. The van der Waals surface area contributed by atoms with Crippen molar-refractivity contribution in [1.82, 2.24) is 10.2 Å². The summed E-state index contributed by atoms with van der Waals surface area (Å²) in [6.07, 6.45) is 3.64. The molecule has 0 unspecified atom stereocenters. The summed E-state index contributed by atoms with van der Waals surface area (Å²) in [5.74, 6) is -0.830. The molecule has 0 aromatic carbocycles. The van der Waals surface area contributed by atoms with Crippen molar-refractivity contribution in [2.75, 3.05) is 32.7 Å². The van der Waals surface area contributed by atoms with Gasteiger partial charge < -0.3 is 10.4 Å². The third-order valence-electron chi connectivity index (χ3n) is 1.66. The zero-order valence-electron chi connectivity index (χ0n) is 8.82. The fourth-order valence-corrected chi connectivity index (χ4v) is 1.05. The van der Waals surface area contributed by atoms with E-state index in [-0.39, 0.29) is 19.0 Å². The first kappa shape index (κ1) is 16.6. The smallest absolute Gasteiger partial charge is 0.317 e. The number of hydrogen-bond acceptors (Lipinski definition) is 3. The molecule has 0 saturated heterocycles. The fraction of sp³-hybridized carbons (Fsp3) is 0.500. The zero-order chi connectivity index (χ0) is 10.8. The highest BCUT2D eigenvalue weighted by atomic mass is 35.5. The molecule has 0 spiro atoms. The van der Waals surface area contributed by atoms with Crippen molar-refractivity contribution in [2.24, 2.45) is 0 Å². The van der Waals surface area contributed by atoms with E-state index in [9.17, 15) is 4.79 Å². The minimum absolute atomic E-state index is 0. The topological polar surface area (TPSA) is 52.6 Å². The first-order chi connectivity index (χ1) is 6.70. The van der Waals surface area contributed by atoms with E-state index in [1.54, 1.807) is 0 Å². The van der Waals surface area contributed by atoms with Crippen molar-refractivity contribution in [1.29, 1.82) is 0 Å². The van der Waals surface area contributed by atoms with E-state index in [1.165, 1.54) is 0 Å². The Balaban J connectivity index is 0. The molecule has 0 aliphatic carbocycles. The molecule has 0 amide bonds. The number of hydrogen-bond donors (Lipinski definition) is 2. The molecule has 15 heavy (non-hydrogen) atoms. The van der Waals surface area contributed by atoms with Gasteiger partial charge in [-0.15, -0.1) is 25.6 Å². The van der Waals surface area contributed by atoms with Gasteiger partial charge in [0.15, 0.2) is 0 Å². The average Bonchev–Trinajstić information content (AvgIpc) is 2.12. The van der Waals surface area contributed by atoms with E-state index in [4.69, 9.17) is 5.11 Å². The number of nitrogens with zero attached hydrogens (tertiary/aromatic N) is 1. The van der Waals surface area contributed by atoms with Crippen LogP contribution in [-0.4, -0.2) is 48.7 Å². The Kier molecular flexibility index (Phi) is 12.4. The van der Waals surface area contributed by atoms with Gasteiger partial charge in [-0.1, -0.05) is 12.2 Å². The highest BCUT2D eigenvalue weighted by molar-refractivity contribution is 5.85. The number of carboxylic acid groups (broad SMARTS) is 1. The Morgan fingerprint density at radius 3 is 2.27 bits per heavy atom. The first-order valence-corrected chi connectivity index (χ1v) is 4.57. The molecule has 0 bridgehead atoms. The lowest BCUT2D eigenvalue weighted by Crippen LogP contribution is -2.34. The number of aliphatic carboxylic acids is 1. The predicted octanol–water partition coefficient (Wildman–Crippen LogP) is 0.756. The molecule has 0 radical (unpaired) electrons. The highest BCUT2D eigenvalue weighted by Gasteiger charge is 2.00. The highest BCUT2D eigenvalue weighted by Crippen LogP contribution is 1.87. The summed E-state index contributed by atoms with van der Waals surface area (Å²) in [6, 6.07) is 0. The van der Waals surface area contributed by atoms with Gasteiger partial charge in [0.1, 0.15) is 0 Å². The summed E-state index contributed by atoms with van der Waals surface area (Å²) >= 11 is 0. The maximum atomic E-state index is 10.2. The Bertz CT molecular complexity index is 188. The van der Waals surface area contributed by atoms with E-state index in [0.717, 1.165) is 19.6 Å². The first-order valence-electron chi connectivity index (χ1n) is 4.57. The van der Waals surface area contributed by atoms with Crippen LogP contribution in [0.2, 0.25) is 0 Å². The van der Waals surface area contributed by atoms with Gasteiger partial charge >= 0.3 is 5.97 Å². The summed E-state index contributed by atoms with van der Waals surface area (Å²) in [5.41, 5.74) is 0. The third kappa shape index (κ3) is 11.1. The molecule has 0 aliphatic heterocycles. The second-order valence-electron chi connectivity index (χ2n) is 2.91. The van der Waals surface area contributed by atoms with Crippen molar-refractivity contribution < 1.29 is 9.90 Å². The standard InChI is InChI=1S/C10H18N2O2.ClH/c1-3-6-12(7-4-2)8-5-11-9-10(13)14;/h3-4,11H,1-2,5-9H2,(H,13,14);1H. The number of carboxylic acids is 1. The molecule has 4 nitrogen and oxygen atoms in total. The van der Waals surface area contributed by atoms with E-state index < -0.39 is 5.97 Å². The molecule has 0 saturated carbocycles. The lowest BCUT2D eigenvalue weighted by Gasteiger charge is -2.18. The number of halogens is 1. The minimum atomic E-state index is -0.830. The maximum absolute atomic E-state index is 10.2. The van der Waals surface area contributed by atoms with Gasteiger partial charge in [0.05, 0.1) is 6.54 Å². The molecule has 88 valence electrons. The molecule has 0 atom stereocenters. The average molecular weight is 235 g/mol. The van der Waals surface area contributed by atoms with Crippen molar-refractivity contribution in [2.45, 2.75) is 0 Å². The number of carbonyl (C=O) groups is 1. The van der Waals surface area contributed by atoms with Gasteiger partial charge in [0, 0.05) is 26.2 Å². The second-order valence-corrected chi connectivity index (χ2v) is 2.91. The molecule has 0 aliphatic rings. The van der Waals surface area contributed by atoms with Gasteiger partial charge in [-0.05, 0) is 0 Å². The summed E-state index contributed by atoms with van der Waals surface area (Å²) in [6.45, 7) is 10.3. The van der Waals surface area contributed by atoms with Crippen molar-refractivity contribution in [3.8, 4) is 0 Å². The van der Waals surface area contributed by atoms with Gasteiger partial charge in [-0.2, -0.15) is 0 Å². The summed E-state index contributed by atoms with van der Waals surface area (Å²) in [5, 5.41) is 11.2. The van der Waals surface area contributed by atoms with Crippen LogP contribution in [0.1, 0.15) is 0 Å². The van der Waals surface area contributed by atoms with Crippen LogP contribution in [-0.2, 0) is 4.79 Å². The SMILES string of the molecule is C=CCN(CC=C)CCNCC(=O)O.Cl. The van der Waals surface area contributed by atoms with Crippen molar-refractivity contribution >= 4 is 18.4 Å². The van der Waals surface area contributed by atoms with Crippen LogP contribution in [0, 0.1) is 0 Å². The largest absolute Gasteiger partial charge is 0.480 e. The fourth-order valence-electron chi connectivity index (χ4n) is 1.05. The molecule has 0 fully saturated rings. The van der Waals surface area contributed by atoms with Crippen LogP contribution in [0.3, 0.4) is 0 Å². The molecule has 2 N–H and O–H groups in total. The van der Waals surface area contributed by atoms with Crippen LogP contribution in [0.5, 0.6) is 0 Å². The Morgan fingerprint density at radius 1 is 1.33 bits per heavy atom. The van der Waals surface area contributed by atoms with Crippen molar-refractivity contribution in [3.05, 3.63) is 25.3 Å². The Labute approximate surface area is 97.1 Å². The molecule has 5 heteroatoms. The second kappa shape index (κ2) is 11.2. The van der Waals surface area contributed by atoms with Gasteiger partial charge in [0.25, 0.3) is 0 Å². The number of rotatable bonds is 9. The summed E-state index contributed by atoms with van der Waals surface area (Å²) < 4.78 is 0. The van der Waals surface area contributed by atoms with Crippen molar-refractivity contribution in [3.63, 3.8) is 0 Å².